The van der Waals surface area contributed by atoms with Gasteiger partial charge in [-0.15, -0.1) is 0 Å². The van der Waals surface area contributed by atoms with Gasteiger partial charge in [0.1, 0.15) is 0 Å². The monoisotopic (exact) mass is 543 g/mol. The van der Waals surface area contributed by atoms with Gasteiger partial charge in [-0.3, -0.25) is 0 Å². The molecule has 0 aromatic carbocycles. The van der Waals surface area contributed by atoms with Crippen LogP contribution < -0.4 is 0 Å². The van der Waals surface area contributed by atoms with Gasteiger partial charge in [-0.05, 0) is 68.1 Å². The average Bonchev–Trinajstić information content (AvgIpc) is 2.92. The molecule has 0 N–H and O–H groups in total. The van der Waals surface area contributed by atoms with Crippen LogP contribution in [0.1, 0.15) is 225 Å². The fourth-order valence-corrected chi connectivity index (χ4v) is 9.97. The number of rotatable bonds is 4. The first-order valence-electron chi connectivity index (χ1n) is 19.4. The summed E-state index contributed by atoms with van der Waals surface area (Å²) >= 11 is 0. The maximum absolute atomic E-state index is 2.70. The molecule has 0 saturated heterocycles. The molecule has 0 atom stereocenters. The third-order valence-electron chi connectivity index (χ3n) is 12.2. The standard InChI is InChI=1S/C39H74/c1-2-39(36-30-24-18-12-6-3-7-13-19-25-31-36,37-32-26-20-14-8-4-9-15-21-27-33-37)38-34-28-22-16-10-5-11-17-23-29-35-38/h36-38H,2-35H2,1H3. The first kappa shape index (κ1) is 33.5. The quantitative estimate of drug-likeness (QED) is 0.331. The molecule has 230 valence electrons. The number of hydrogen-bond acceptors (Lipinski definition) is 0. The highest BCUT2D eigenvalue weighted by Gasteiger charge is 2.47. The molecule has 3 fully saturated rings. The van der Waals surface area contributed by atoms with Crippen molar-refractivity contribution in [2.45, 2.75) is 225 Å². The van der Waals surface area contributed by atoms with Gasteiger partial charge in [-0.25, -0.2) is 0 Å². The van der Waals surface area contributed by atoms with Crippen LogP contribution in [0.4, 0.5) is 0 Å². The van der Waals surface area contributed by atoms with Crippen molar-refractivity contribution in [3.8, 4) is 0 Å². The normalized spacial score (nSPS) is 26.1. The minimum atomic E-state index is 0.637. The van der Waals surface area contributed by atoms with Crippen LogP contribution in [0.2, 0.25) is 0 Å². The Bertz CT molecular complexity index is 438. The van der Waals surface area contributed by atoms with Gasteiger partial charge in [-0.2, -0.15) is 0 Å². The van der Waals surface area contributed by atoms with Crippen LogP contribution in [0.3, 0.4) is 0 Å². The highest BCUT2D eigenvalue weighted by Crippen LogP contribution is 2.56. The summed E-state index contributed by atoms with van der Waals surface area (Å²) in [5.74, 6) is 3.04. The number of hydrogen-bond donors (Lipinski definition) is 0. The Morgan fingerprint density at radius 2 is 0.436 bits per heavy atom. The van der Waals surface area contributed by atoms with Crippen molar-refractivity contribution in [2.24, 2.45) is 23.2 Å². The maximum atomic E-state index is 2.70. The van der Waals surface area contributed by atoms with Crippen LogP contribution in [0.15, 0.2) is 0 Å². The lowest BCUT2D eigenvalue weighted by atomic mass is 9.52. The van der Waals surface area contributed by atoms with E-state index in [1.54, 1.807) is 38.5 Å². The Morgan fingerprint density at radius 3 is 0.590 bits per heavy atom. The van der Waals surface area contributed by atoms with Crippen molar-refractivity contribution >= 4 is 0 Å². The molecule has 3 aliphatic rings. The molecule has 39 heavy (non-hydrogen) atoms. The van der Waals surface area contributed by atoms with Crippen LogP contribution in [-0.4, -0.2) is 0 Å². The summed E-state index contributed by atoms with van der Waals surface area (Å²) in [7, 11) is 0. The van der Waals surface area contributed by atoms with Crippen molar-refractivity contribution in [1.29, 1.82) is 0 Å². The first-order valence-corrected chi connectivity index (χ1v) is 19.4. The van der Waals surface area contributed by atoms with E-state index < -0.39 is 0 Å². The van der Waals surface area contributed by atoms with E-state index in [-0.39, 0.29) is 0 Å². The third-order valence-corrected chi connectivity index (χ3v) is 12.2. The lowest BCUT2D eigenvalue weighted by Crippen LogP contribution is -2.45. The molecule has 3 saturated carbocycles. The summed E-state index contributed by atoms with van der Waals surface area (Å²) < 4.78 is 0. The van der Waals surface area contributed by atoms with Gasteiger partial charge in [-0.1, -0.05) is 180 Å². The fraction of sp³-hybridized carbons (Fsp3) is 1.00. The first-order chi connectivity index (χ1) is 19.4. The average molecular weight is 543 g/mol. The summed E-state index contributed by atoms with van der Waals surface area (Å²) in [4.78, 5) is 0. The molecule has 0 heterocycles. The van der Waals surface area contributed by atoms with Crippen LogP contribution >= 0.6 is 0 Å². The third kappa shape index (κ3) is 12.4. The second-order valence-electron chi connectivity index (χ2n) is 14.8. The van der Waals surface area contributed by atoms with E-state index in [4.69, 9.17) is 0 Å². The molecule has 0 amide bonds. The fourth-order valence-electron chi connectivity index (χ4n) is 9.97. The molecule has 0 heteroatoms. The van der Waals surface area contributed by atoms with E-state index in [2.05, 4.69) is 6.92 Å². The summed E-state index contributed by atoms with van der Waals surface area (Å²) in [6.45, 7) is 2.70. The highest BCUT2D eigenvalue weighted by molar-refractivity contribution is 4.97. The van der Waals surface area contributed by atoms with Gasteiger partial charge in [0.25, 0.3) is 0 Å². The Morgan fingerprint density at radius 1 is 0.282 bits per heavy atom. The van der Waals surface area contributed by atoms with Crippen molar-refractivity contribution in [2.75, 3.05) is 0 Å². The molecule has 0 aliphatic heterocycles. The summed E-state index contributed by atoms with van der Waals surface area (Å²) in [5.41, 5.74) is 0.637. The van der Waals surface area contributed by atoms with Crippen molar-refractivity contribution in [3.05, 3.63) is 0 Å². The zero-order valence-electron chi connectivity index (χ0n) is 27.3. The Balaban J connectivity index is 1.89. The van der Waals surface area contributed by atoms with Crippen LogP contribution in [0, 0.1) is 23.2 Å². The second kappa shape index (κ2) is 21.7. The molecule has 0 nitrogen and oxygen atoms in total. The zero-order chi connectivity index (χ0) is 27.3. The predicted octanol–water partition coefficient (Wildman–Crippen LogP) is 14.1. The Labute approximate surface area is 248 Å². The summed E-state index contributed by atoms with van der Waals surface area (Å²) in [6.07, 6.45) is 51.9. The van der Waals surface area contributed by atoms with Crippen LogP contribution in [-0.2, 0) is 0 Å². The van der Waals surface area contributed by atoms with Crippen LogP contribution in [0.25, 0.3) is 0 Å². The second-order valence-corrected chi connectivity index (χ2v) is 14.8. The van der Waals surface area contributed by atoms with Gasteiger partial charge >= 0.3 is 0 Å². The lowest BCUT2D eigenvalue weighted by Gasteiger charge is -2.53. The molecule has 3 rings (SSSR count). The van der Waals surface area contributed by atoms with Gasteiger partial charge in [0, 0.05) is 0 Å². The maximum Gasteiger partial charge on any atom is -0.0215 e. The van der Waals surface area contributed by atoms with E-state index in [0.717, 1.165) is 17.8 Å². The smallest absolute Gasteiger partial charge is 0.0215 e. The van der Waals surface area contributed by atoms with E-state index in [1.165, 1.54) is 180 Å². The molecular formula is C39H74. The van der Waals surface area contributed by atoms with Crippen LogP contribution in [0.5, 0.6) is 0 Å². The topological polar surface area (TPSA) is 0 Å². The summed E-state index contributed by atoms with van der Waals surface area (Å²) in [5, 5.41) is 0. The van der Waals surface area contributed by atoms with Gasteiger partial charge < -0.3 is 0 Å². The van der Waals surface area contributed by atoms with Crippen molar-refractivity contribution < 1.29 is 0 Å². The SMILES string of the molecule is CCC(C1CCCCCCCCCCC1)(C1CCCCCCCCCCC1)C1CCCCCCCCCCC1. The molecule has 0 aromatic heterocycles. The lowest BCUT2D eigenvalue weighted by molar-refractivity contribution is -0.0362. The van der Waals surface area contributed by atoms with Crippen molar-refractivity contribution in [3.63, 3.8) is 0 Å². The van der Waals surface area contributed by atoms with E-state index in [0.29, 0.717) is 5.41 Å². The molecule has 0 spiro atoms. The predicted molar refractivity (Wildman–Crippen MR) is 176 cm³/mol. The van der Waals surface area contributed by atoms with E-state index in [1.807, 2.05) is 0 Å². The van der Waals surface area contributed by atoms with E-state index >= 15 is 0 Å². The van der Waals surface area contributed by atoms with Gasteiger partial charge in [0.2, 0.25) is 0 Å². The molecule has 0 bridgehead atoms. The molecule has 3 aliphatic carbocycles. The molecule has 0 aromatic rings. The minimum Gasteiger partial charge on any atom is -0.0648 e. The Hall–Kier alpha value is 0. The van der Waals surface area contributed by atoms with Gasteiger partial charge in [0.05, 0.1) is 0 Å². The summed E-state index contributed by atoms with van der Waals surface area (Å²) in [6, 6.07) is 0. The van der Waals surface area contributed by atoms with Crippen molar-refractivity contribution in [1.82, 2.24) is 0 Å². The molecular weight excluding hydrogens is 468 g/mol. The molecule has 0 radical (unpaired) electrons. The Kier molecular flexibility index (Phi) is 18.6. The minimum absolute atomic E-state index is 0.637. The largest absolute Gasteiger partial charge is 0.0648 e. The van der Waals surface area contributed by atoms with E-state index in [9.17, 15) is 0 Å². The van der Waals surface area contributed by atoms with Gasteiger partial charge in [0.15, 0.2) is 0 Å². The molecule has 0 unspecified atom stereocenters. The zero-order valence-corrected chi connectivity index (χ0v) is 27.3. The highest BCUT2D eigenvalue weighted by atomic mass is 14.5.